The third-order valence-corrected chi connectivity index (χ3v) is 7.44. The zero-order chi connectivity index (χ0) is 23.8. The number of nitrogens with one attached hydrogen (secondary N) is 1. The van der Waals surface area contributed by atoms with E-state index in [2.05, 4.69) is 15.3 Å². The molecule has 0 aliphatic heterocycles. The third-order valence-electron chi connectivity index (χ3n) is 5.79. The van der Waals surface area contributed by atoms with Crippen LogP contribution in [-0.2, 0) is 10.0 Å². The molecule has 1 fully saturated rings. The normalized spacial score (nSPS) is 22.9. The number of aryl methyl sites for hydroxylation is 1. The van der Waals surface area contributed by atoms with Gasteiger partial charge in [0.05, 0.1) is 22.6 Å². The molecule has 174 valence electrons. The number of rotatable bonds is 7. The van der Waals surface area contributed by atoms with Crippen molar-refractivity contribution in [2.24, 2.45) is 5.92 Å². The van der Waals surface area contributed by atoms with Gasteiger partial charge in [-0.15, -0.1) is 0 Å². The first-order chi connectivity index (χ1) is 15.7. The Kier molecular flexibility index (Phi) is 6.28. The maximum Gasteiger partial charge on any atom is 0.267 e. The highest BCUT2D eigenvalue weighted by molar-refractivity contribution is 7.90. The molecule has 0 bridgehead atoms. The van der Waals surface area contributed by atoms with E-state index in [9.17, 15) is 27.8 Å². The Morgan fingerprint density at radius 1 is 1.27 bits per heavy atom. The number of aromatic nitrogens is 3. The molecule has 1 saturated carbocycles. The fourth-order valence-corrected chi connectivity index (χ4v) is 5.05. The average Bonchev–Trinajstić information content (AvgIpc) is 3.41. The van der Waals surface area contributed by atoms with Crippen LogP contribution >= 0.6 is 0 Å². The summed E-state index contributed by atoms with van der Waals surface area (Å²) in [4.78, 5) is 21.1. The van der Waals surface area contributed by atoms with Gasteiger partial charge in [-0.2, -0.15) is 0 Å². The van der Waals surface area contributed by atoms with Crippen LogP contribution in [0.15, 0.2) is 60.1 Å². The monoisotopic (exact) mass is 474 g/mol. The minimum absolute atomic E-state index is 0.0251. The lowest BCUT2D eigenvalue weighted by atomic mass is 10.1. The predicted octanol–water partition coefficient (Wildman–Crippen LogP) is 1.55. The van der Waals surface area contributed by atoms with E-state index in [-0.39, 0.29) is 34.9 Å². The lowest BCUT2D eigenvalue weighted by Gasteiger charge is -2.18. The van der Waals surface area contributed by atoms with Crippen LogP contribution in [0.2, 0.25) is 0 Å². The molecule has 0 spiro atoms. The molecule has 4 rings (SSSR count). The summed E-state index contributed by atoms with van der Waals surface area (Å²) < 4.78 is 41.2. The molecule has 1 aromatic carbocycles. The highest BCUT2D eigenvalue weighted by Crippen LogP contribution is 2.31. The van der Waals surface area contributed by atoms with Crippen molar-refractivity contribution >= 4 is 21.6 Å². The minimum Gasteiger partial charge on any atom is -0.396 e. The third kappa shape index (κ3) is 4.39. The lowest BCUT2D eigenvalue weighted by molar-refractivity contribution is 0.0444. The fraction of sp³-hybridized carbons (Fsp3) is 0.318. The van der Waals surface area contributed by atoms with E-state index >= 15 is 0 Å². The van der Waals surface area contributed by atoms with Crippen molar-refractivity contribution < 1.29 is 27.8 Å². The maximum absolute atomic E-state index is 14.5. The van der Waals surface area contributed by atoms with Gasteiger partial charge >= 0.3 is 0 Å². The van der Waals surface area contributed by atoms with E-state index in [0.29, 0.717) is 0 Å². The van der Waals surface area contributed by atoms with Gasteiger partial charge in [-0.25, -0.2) is 26.7 Å². The van der Waals surface area contributed by atoms with E-state index in [1.54, 1.807) is 12.1 Å². The molecule has 0 radical (unpaired) electrons. The minimum atomic E-state index is -3.89. The van der Waals surface area contributed by atoms with E-state index < -0.39 is 40.0 Å². The van der Waals surface area contributed by atoms with Crippen LogP contribution in [0.25, 0.3) is 0 Å². The zero-order valence-corrected chi connectivity index (χ0v) is 18.5. The van der Waals surface area contributed by atoms with Gasteiger partial charge < -0.3 is 15.5 Å². The Balaban J connectivity index is 1.59. The molecule has 33 heavy (non-hydrogen) atoms. The smallest absolute Gasteiger partial charge is 0.267 e. The molecule has 2 aromatic heterocycles. The molecule has 11 heteroatoms. The van der Waals surface area contributed by atoms with Crippen molar-refractivity contribution in [3.05, 3.63) is 71.9 Å². The van der Waals surface area contributed by atoms with Crippen molar-refractivity contribution in [1.82, 2.24) is 13.9 Å². The maximum atomic E-state index is 14.5. The second-order valence-corrected chi connectivity index (χ2v) is 9.87. The Labute approximate surface area is 190 Å². The number of carbonyl (C=O) groups is 1. The number of aliphatic hydroxyl groups is 2. The van der Waals surface area contributed by atoms with Crippen LogP contribution < -0.4 is 5.32 Å². The van der Waals surface area contributed by atoms with Gasteiger partial charge in [0.1, 0.15) is 18.3 Å². The molecular weight excluding hydrogens is 451 g/mol. The SMILES string of the molecule is Cc1ccc(S(=O)(=O)n2ccc(C(=O)c3cncnc3N[C@@H]3C[C@H](CO)[C@@H](O)[C@@H]3F)c2)cc1. The van der Waals surface area contributed by atoms with Crippen LogP contribution in [0.4, 0.5) is 10.2 Å². The number of alkyl halides is 1. The Morgan fingerprint density at radius 2 is 2.00 bits per heavy atom. The number of aliphatic hydroxyl groups excluding tert-OH is 2. The van der Waals surface area contributed by atoms with Gasteiger partial charge in [-0.1, -0.05) is 17.7 Å². The highest BCUT2D eigenvalue weighted by atomic mass is 32.2. The Hall–Kier alpha value is -3.15. The van der Waals surface area contributed by atoms with Crippen molar-refractivity contribution in [3.8, 4) is 0 Å². The average molecular weight is 475 g/mol. The summed E-state index contributed by atoms with van der Waals surface area (Å²) in [5.74, 6) is -1.12. The fourth-order valence-electron chi connectivity index (χ4n) is 3.85. The quantitative estimate of drug-likeness (QED) is 0.439. The van der Waals surface area contributed by atoms with Crippen LogP contribution in [0, 0.1) is 12.8 Å². The standard InChI is InChI=1S/C22H23FN4O5S/c1-13-2-4-16(5-3-13)33(31,32)27-7-6-14(10-27)20(29)17-9-24-12-25-22(17)26-18-8-15(11-28)21(30)19(18)23/h2-7,9-10,12,15,18-19,21,28,30H,8,11H2,1H3,(H,24,25,26)/t15-,18-,19-,21-/m1/s1. The summed E-state index contributed by atoms with van der Waals surface area (Å²) in [6, 6.07) is 6.85. The van der Waals surface area contributed by atoms with Gasteiger partial charge in [0.15, 0.2) is 5.78 Å². The van der Waals surface area contributed by atoms with Crippen molar-refractivity contribution in [1.29, 1.82) is 0 Å². The van der Waals surface area contributed by atoms with Gasteiger partial charge in [0.2, 0.25) is 0 Å². The van der Waals surface area contributed by atoms with E-state index in [0.717, 1.165) is 9.54 Å². The number of anilines is 1. The summed E-state index contributed by atoms with van der Waals surface area (Å²) in [6.45, 7) is 1.48. The number of benzene rings is 1. The Bertz CT molecular complexity index is 1260. The summed E-state index contributed by atoms with van der Waals surface area (Å²) in [5, 5.41) is 22.1. The van der Waals surface area contributed by atoms with Gasteiger partial charge in [-0.05, 0) is 31.5 Å². The molecule has 4 atom stereocenters. The number of hydrogen-bond donors (Lipinski definition) is 3. The molecule has 0 saturated heterocycles. The molecule has 0 unspecified atom stereocenters. The number of ketones is 1. The van der Waals surface area contributed by atoms with Crippen molar-refractivity contribution in [2.75, 3.05) is 11.9 Å². The van der Waals surface area contributed by atoms with E-state index in [4.69, 9.17) is 0 Å². The molecule has 2 heterocycles. The number of nitrogens with zero attached hydrogens (tertiary/aromatic N) is 3. The molecule has 3 N–H and O–H groups in total. The van der Waals surface area contributed by atoms with Crippen LogP contribution in [-0.4, -0.2) is 63.3 Å². The second kappa shape index (κ2) is 9.00. The first-order valence-electron chi connectivity index (χ1n) is 10.3. The topological polar surface area (TPSA) is 134 Å². The van der Waals surface area contributed by atoms with Crippen LogP contribution in [0.5, 0.6) is 0 Å². The predicted molar refractivity (Wildman–Crippen MR) is 117 cm³/mol. The Morgan fingerprint density at radius 3 is 2.67 bits per heavy atom. The van der Waals surface area contributed by atoms with E-state index in [1.807, 2.05) is 6.92 Å². The molecule has 1 aliphatic rings. The van der Waals surface area contributed by atoms with Gasteiger partial charge in [0.25, 0.3) is 10.0 Å². The van der Waals surface area contributed by atoms with Gasteiger partial charge in [-0.3, -0.25) is 4.79 Å². The van der Waals surface area contributed by atoms with Gasteiger partial charge in [0, 0.05) is 36.7 Å². The number of carbonyl (C=O) groups excluding carboxylic acids is 1. The molecular formula is C22H23FN4O5S. The molecule has 3 aromatic rings. The van der Waals surface area contributed by atoms with Crippen LogP contribution in [0.3, 0.4) is 0 Å². The largest absolute Gasteiger partial charge is 0.396 e. The van der Waals surface area contributed by atoms with Crippen molar-refractivity contribution in [2.45, 2.75) is 36.6 Å². The molecule has 0 amide bonds. The summed E-state index contributed by atoms with van der Waals surface area (Å²) >= 11 is 0. The summed E-state index contributed by atoms with van der Waals surface area (Å²) in [7, 11) is -3.89. The first-order valence-corrected chi connectivity index (χ1v) is 11.7. The zero-order valence-electron chi connectivity index (χ0n) is 17.7. The highest BCUT2D eigenvalue weighted by Gasteiger charge is 2.43. The number of halogens is 1. The van der Waals surface area contributed by atoms with Crippen molar-refractivity contribution in [3.63, 3.8) is 0 Å². The number of hydrogen-bond acceptors (Lipinski definition) is 8. The summed E-state index contributed by atoms with van der Waals surface area (Å²) in [5.41, 5.74) is 1.02. The molecule has 1 aliphatic carbocycles. The molecule has 9 nitrogen and oxygen atoms in total. The lowest BCUT2D eigenvalue weighted by Crippen LogP contribution is -2.32. The van der Waals surface area contributed by atoms with Crippen LogP contribution in [0.1, 0.15) is 27.9 Å². The van der Waals surface area contributed by atoms with E-state index in [1.165, 1.54) is 43.1 Å². The first kappa shape index (κ1) is 23.0. The summed E-state index contributed by atoms with van der Waals surface area (Å²) in [6.07, 6.45) is 2.10. The second-order valence-electron chi connectivity index (χ2n) is 8.03.